The van der Waals surface area contributed by atoms with Crippen molar-refractivity contribution in [1.82, 2.24) is 9.97 Å². The van der Waals surface area contributed by atoms with Gasteiger partial charge in [0.2, 0.25) is 0 Å². The molecule has 1 aromatic heterocycles. The summed E-state index contributed by atoms with van der Waals surface area (Å²) in [6.07, 6.45) is 4.24. The minimum atomic E-state index is 0.558. The fourth-order valence-electron chi connectivity index (χ4n) is 2.49. The van der Waals surface area contributed by atoms with Crippen molar-refractivity contribution in [2.24, 2.45) is 0 Å². The number of benzene rings is 2. The van der Waals surface area contributed by atoms with Crippen molar-refractivity contribution in [3.63, 3.8) is 0 Å². The van der Waals surface area contributed by atoms with Crippen LogP contribution in [-0.4, -0.2) is 9.97 Å². The molecular formula is C19H18N4. The Morgan fingerprint density at radius 2 is 1.52 bits per heavy atom. The zero-order valence-electron chi connectivity index (χ0n) is 12.7. The maximum absolute atomic E-state index is 4.60. The highest BCUT2D eigenvalue weighted by molar-refractivity contribution is 5.67. The van der Waals surface area contributed by atoms with E-state index in [9.17, 15) is 0 Å². The summed E-state index contributed by atoms with van der Waals surface area (Å²) in [5.41, 5.74) is 3.12. The molecule has 2 N–H and O–H groups in total. The van der Waals surface area contributed by atoms with Gasteiger partial charge < -0.3 is 10.6 Å². The minimum absolute atomic E-state index is 0.558. The number of nitrogens with zero attached hydrogens (tertiary/aromatic N) is 2. The minimum Gasteiger partial charge on any atom is -0.355 e. The summed E-state index contributed by atoms with van der Waals surface area (Å²) in [5.74, 6) is 2.36. The number of para-hydroxylation sites is 1. The summed E-state index contributed by atoms with van der Waals surface area (Å²) in [6, 6.07) is 20.2. The Bertz CT molecular complexity index is 797. The van der Waals surface area contributed by atoms with Gasteiger partial charge >= 0.3 is 0 Å². The molecule has 4 rings (SSSR count). The molecule has 3 aromatic rings. The van der Waals surface area contributed by atoms with Crippen molar-refractivity contribution in [2.75, 3.05) is 10.6 Å². The van der Waals surface area contributed by atoms with E-state index in [0.29, 0.717) is 5.92 Å². The number of hydrogen-bond donors (Lipinski definition) is 2. The van der Waals surface area contributed by atoms with E-state index < -0.39 is 0 Å². The second-order valence-electron chi connectivity index (χ2n) is 5.77. The lowest BCUT2D eigenvalue weighted by Gasteiger charge is -2.10. The molecule has 0 spiro atoms. The van der Waals surface area contributed by atoms with Gasteiger partial charge in [0.1, 0.15) is 11.6 Å². The van der Waals surface area contributed by atoms with Gasteiger partial charge in [-0.05, 0) is 49.2 Å². The highest BCUT2D eigenvalue weighted by atomic mass is 15.0. The van der Waals surface area contributed by atoms with Crippen LogP contribution in [0.2, 0.25) is 0 Å². The fraction of sp³-hybridized carbons (Fsp3) is 0.158. The largest absolute Gasteiger partial charge is 0.355 e. The van der Waals surface area contributed by atoms with Crippen LogP contribution in [0.5, 0.6) is 0 Å². The van der Waals surface area contributed by atoms with Crippen LogP contribution in [0.3, 0.4) is 0 Å². The molecule has 4 heteroatoms. The van der Waals surface area contributed by atoms with Crippen LogP contribution in [0.25, 0.3) is 0 Å². The predicted molar refractivity (Wildman–Crippen MR) is 93.5 cm³/mol. The zero-order chi connectivity index (χ0) is 15.5. The number of anilines is 4. The number of aromatic nitrogens is 2. The van der Waals surface area contributed by atoms with Crippen LogP contribution in [0.15, 0.2) is 66.9 Å². The lowest BCUT2D eigenvalue weighted by Crippen LogP contribution is -1.99. The fourth-order valence-corrected chi connectivity index (χ4v) is 2.49. The topological polar surface area (TPSA) is 49.8 Å². The second kappa shape index (κ2) is 6.08. The van der Waals surface area contributed by atoms with Crippen LogP contribution in [0.1, 0.15) is 24.6 Å². The number of rotatable bonds is 5. The van der Waals surface area contributed by atoms with Crippen LogP contribution in [0.4, 0.5) is 22.9 Å². The third-order valence-corrected chi connectivity index (χ3v) is 3.81. The molecule has 0 aliphatic heterocycles. The molecule has 1 heterocycles. The maximum atomic E-state index is 4.60. The van der Waals surface area contributed by atoms with Gasteiger partial charge in [-0.3, -0.25) is 0 Å². The van der Waals surface area contributed by atoms with Gasteiger partial charge in [0.15, 0.2) is 0 Å². The molecule has 4 nitrogen and oxygen atoms in total. The molecule has 23 heavy (non-hydrogen) atoms. The van der Waals surface area contributed by atoms with Crippen molar-refractivity contribution in [3.8, 4) is 0 Å². The first-order valence-electron chi connectivity index (χ1n) is 7.89. The molecule has 0 unspecified atom stereocenters. The molecule has 1 aliphatic carbocycles. The van der Waals surface area contributed by atoms with Crippen LogP contribution in [0, 0.1) is 0 Å². The molecule has 0 atom stereocenters. The van der Waals surface area contributed by atoms with Crippen molar-refractivity contribution < 1.29 is 0 Å². The third-order valence-electron chi connectivity index (χ3n) is 3.81. The molecular weight excluding hydrogens is 284 g/mol. The molecule has 1 saturated carbocycles. The normalized spacial score (nSPS) is 13.6. The lowest BCUT2D eigenvalue weighted by atomic mass is 10.2. The van der Waals surface area contributed by atoms with Gasteiger partial charge in [0, 0.05) is 29.2 Å². The second-order valence-corrected chi connectivity index (χ2v) is 5.77. The van der Waals surface area contributed by atoms with E-state index in [1.54, 1.807) is 0 Å². The summed E-state index contributed by atoms with van der Waals surface area (Å²) in [6.45, 7) is 0. The molecule has 0 amide bonds. The average molecular weight is 302 g/mol. The SMILES string of the molecule is c1ccc(Nc2cccc(Nc3ccnc(C4CC4)n3)c2)cc1. The molecule has 1 fully saturated rings. The van der Waals surface area contributed by atoms with E-state index in [1.807, 2.05) is 60.8 Å². The van der Waals surface area contributed by atoms with Gasteiger partial charge in [-0.2, -0.15) is 0 Å². The van der Waals surface area contributed by atoms with Gasteiger partial charge in [-0.1, -0.05) is 24.3 Å². The molecule has 1 aliphatic rings. The van der Waals surface area contributed by atoms with Crippen molar-refractivity contribution in [2.45, 2.75) is 18.8 Å². The summed E-state index contributed by atoms with van der Waals surface area (Å²) in [5, 5.41) is 6.76. The first kappa shape index (κ1) is 13.8. The van der Waals surface area contributed by atoms with Gasteiger partial charge in [-0.25, -0.2) is 9.97 Å². The Hall–Kier alpha value is -2.88. The van der Waals surface area contributed by atoms with Crippen molar-refractivity contribution in [3.05, 3.63) is 72.7 Å². The Kier molecular flexibility index (Phi) is 3.64. The Labute approximate surface area is 135 Å². The summed E-state index contributed by atoms with van der Waals surface area (Å²) >= 11 is 0. The van der Waals surface area contributed by atoms with Gasteiger partial charge in [0.05, 0.1) is 0 Å². The lowest BCUT2D eigenvalue weighted by molar-refractivity contribution is 0.930. The Balaban J connectivity index is 1.51. The standard InChI is InChI=1S/C19H18N4/c1-2-5-15(6-3-1)21-16-7-4-8-17(13-16)22-18-11-12-20-19(23-18)14-9-10-14/h1-8,11-14,21H,9-10H2,(H,20,22,23). The van der Waals surface area contributed by atoms with Gasteiger partial charge in [0.25, 0.3) is 0 Å². The smallest absolute Gasteiger partial charge is 0.134 e. The Morgan fingerprint density at radius 1 is 0.783 bits per heavy atom. The van der Waals surface area contributed by atoms with Crippen molar-refractivity contribution in [1.29, 1.82) is 0 Å². The Morgan fingerprint density at radius 3 is 2.30 bits per heavy atom. The predicted octanol–water partition coefficient (Wildman–Crippen LogP) is 4.84. The van der Waals surface area contributed by atoms with Gasteiger partial charge in [-0.15, -0.1) is 0 Å². The highest BCUT2D eigenvalue weighted by Gasteiger charge is 2.26. The maximum Gasteiger partial charge on any atom is 0.134 e. The third kappa shape index (κ3) is 3.48. The van der Waals surface area contributed by atoms with E-state index in [-0.39, 0.29) is 0 Å². The zero-order valence-corrected chi connectivity index (χ0v) is 12.7. The van der Waals surface area contributed by atoms with E-state index in [4.69, 9.17) is 0 Å². The summed E-state index contributed by atoms with van der Waals surface area (Å²) in [7, 11) is 0. The van der Waals surface area contributed by atoms with E-state index >= 15 is 0 Å². The molecule has 0 saturated heterocycles. The first-order valence-corrected chi connectivity index (χ1v) is 7.89. The monoisotopic (exact) mass is 302 g/mol. The molecule has 0 radical (unpaired) electrons. The summed E-state index contributed by atoms with van der Waals surface area (Å²) < 4.78 is 0. The molecule has 2 aromatic carbocycles. The van der Waals surface area contributed by atoms with Crippen LogP contribution < -0.4 is 10.6 Å². The molecule has 114 valence electrons. The van der Waals surface area contributed by atoms with Crippen LogP contribution >= 0.6 is 0 Å². The van der Waals surface area contributed by atoms with Crippen LogP contribution in [-0.2, 0) is 0 Å². The summed E-state index contributed by atoms with van der Waals surface area (Å²) in [4.78, 5) is 8.95. The van der Waals surface area contributed by atoms with E-state index in [2.05, 4.69) is 26.7 Å². The van der Waals surface area contributed by atoms with Crippen molar-refractivity contribution >= 4 is 22.9 Å². The average Bonchev–Trinajstić information content (AvgIpc) is 3.41. The van der Waals surface area contributed by atoms with E-state index in [1.165, 1.54) is 12.8 Å². The quantitative estimate of drug-likeness (QED) is 0.708. The molecule has 0 bridgehead atoms. The van der Waals surface area contributed by atoms with E-state index in [0.717, 1.165) is 28.7 Å². The number of hydrogen-bond acceptors (Lipinski definition) is 4. The number of nitrogens with one attached hydrogen (secondary N) is 2. The highest BCUT2D eigenvalue weighted by Crippen LogP contribution is 2.38. The first-order chi connectivity index (χ1) is 11.4.